The molecule has 0 aliphatic heterocycles. The van der Waals surface area contributed by atoms with Gasteiger partial charge < -0.3 is 10.3 Å². The Kier molecular flexibility index (Phi) is 3.41. The summed E-state index contributed by atoms with van der Waals surface area (Å²) in [6, 6.07) is 8.40. The number of aromatic nitrogens is 1. The smallest absolute Gasteiger partial charge is 0.172 e. The van der Waals surface area contributed by atoms with E-state index in [9.17, 15) is 0 Å². The molecule has 3 nitrogen and oxygen atoms in total. The molecule has 0 spiro atoms. The summed E-state index contributed by atoms with van der Waals surface area (Å²) in [7, 11) is 0. The van der Waals surface area contributed by atoms with Gasteiger partial charge in [-0.15, -0.1) is 0 Å². The average molecular weight is 244 g/mol. The third-order valence-electron chi connectivity index (χ3n) is 3.17. The summed E-state index contributed by atoms with van der Waals surface area (Å²) in [6.45, 7) is 8.55. The fraction of sp³-hybridized carbons (Fsp3) is 0.400. The van der Waals surface area contributed by atoms with Crippen molar-refractivity contribution in [2.24, 2.45) is 0 Å². The van der Waals surface area contributed by atoms with Crippen LogP contribution in [-0.2, 0) is 0 Å². The van der Waals surface area contributed by atoms with Gasteiger partial charge in [0.2, 0.25) is 0 Å². The molecule has 1 heterocycles. The van der Waals surface area contributed by atoms with Gasteiger partial charge in [0.25, 0.3) is 0 Å². The molecule has 0 amide bonds. The van der Waals surface area contributed by atoms with E-state index in [-0.39, 0.29) is 0 Å². The van der Waals surface area contributed by atoms with Crippen molar-refractivity contribution in [3.8, 4) is 11.3 Å². The first-order chi connectivity index (χ1) is 8.50. The lowest BCUT2D eigenvalue weighted by atomic mass is 9.97. The number of hydrogen-bond acceptors (Lipinski definition) is 3. The van der Waals surface area contributed by atoms with Gasteiger partial charge in [0.15, 0.2) is 11.6 Å². The zero-order chi connectivity index (χ0) is 13.3. The predicted molar refractivity (Wildman–Crippen MR) is 74.5 cm³/mol. The Labute approximate surface area is 108 Å². The van der Waals surface area contributed by atoms with Crippen LogP contribution in [0.3, 0.4) is 0 Å². The minimum absolute atomic E-state index is 0.302. The monoisotopic (exact) mass is 244 g/mol. The molecule has 2 rings (SSSR count). The van der Waals surface area contributed by atoms with Crippen LogP contribution in [0.2, 0.25) is 0 Å². The van der Waals surface area contributed by atoms with Crippen molar-refractivity contribution in [1.29, 1.82) is 0 Å². The van der Waals surface area contributed by atoms with Crippen LogP contribution in [0.1, 0.15) is 50.7 Å². The summed E-state index contributed by atoms with van der Waals surface area (Å²) >= 11 is 0. The average Bonchev–Trinajstić information content (AvgIpc) is 2.71. The number of nitrogen functional groups attached to an aromatic ring is 1. The van der Waals surface area contributed by atoms with Crippen molar-refractivity contribution in [3.63, 3.8) is 0 Å². The lowest BCUT2D eigenvalue weighted by molar-refractivity contribution is 0.434. The predicted octanol–water partition coefficient (Wildman–Crippen LogP) is 4.17. The molecule has 0 saturated heterocycles. The van der Waals surface area contributed by atoms with Gasteiger partial charge >= 0.3 is 0 Å². The van der Waals surface area contributed by atoms with Crippen molar-refractivity contribution in [2.45, 2.75) is 39.5 Å². The Morgan fingerprint density at radius 3 is 2.11 bits per heavy atom. The fourth-order valence-corrected chi connectivity index (χ4v) is 2.10. The maximum atomic E-state index is 5.85. The third kappa shape index (κ3) is 2.26. The minimum atomic E-state index is 0.302. The summed E-state index contributed by atoms with van der Waals surface area (Å²) in [5.74, 6) is 2.12. The Morgan fingerprint density at radius 2 is 1.61 bits per heavy atom. The van der Waals surface area contributed by atoms with Crippen LogP contribution >= 0.6 is 0 Å². The van der Waals surface area contributed by atoms with Crippen LogP contribution in [0, 0.1) is 0 Å². The molecule has 0 bridgehead atoms. The highest BCUT2D eigenvalue weighted by Crippen LogP contribution is 2.33. The van der Waals surface area contributed by atoms with E-state index in [4.69, 9.17) is 10.3 Å². The first-order valence-electron chi connectivity index (χ1n) is 6.36. The molecule has 0 atom stereocenters. The maximum Gasteiger partial charge on any atom is 0.172 e. The summed E-state index contributed by atoms with van der Waals surface area (Å²) in [5, 5.41) is 3.87. The third-order valence-corrected chi connectivity index (χ3v) is 3.17. The van der Waals surface area contributed by atoms with Gasteiger partial charge in [-0.25, -0.2) is 0 Å². The molecular formula is C15H20N2O. The molecule has 0 aliphatic rings. The van der Waals surface area contributed by atoms with E-state index in [0.717, 1.165) is 16.9 Å². The summed E-state index contributed by atoms with van der Waals surface area (Å²) < 4.78 is 5.37. The second kappa shape index (κ2) is 4.84. The molecule has 0 fully saturated rings. The highest BCUT2D eigenvalue weighted by atomic mass is 16.5. The summed E-state index contributed by atoms with van der Waals surface area (Å²) in [6.07, 6.45) is 0. The minimum Gasteiger partial charge on any atom is -0.381 e. The molecule has 0 unspecified atom stereocenters. The van der Waals surface area contributed by atoms with E-state index in [2.05, 4.69) is 57.1 Å². The van der Waals surface area contributed by atoms with Crippen molar-refractivity contribution in [3.05, 3.63) is 35.4 Å². The van der Waals surface area contributed by atoms with Crippen molar-refractivity contribution in [1.82, 2.24) is 5.16 Å². The van der Waals surface area contributed by atoms with Crippen LogP contribution in [0.15, 0.2) is 28.8 Å². The van der Waals surface area contributed by atoms with E-state index < -0.39 is 0 Å². The Bertz CT molecular complexity index is 524. The van der Waals surface area contributed by atoms with Gasteiger partial charge in [0, 0.05) is 11.1 Å². The van der Waals surface area contributed by atoms with Gasteiger partial charge in [0.05, 0.1) is 0 Å². The number of nitrogens with two attached hydrogens (primary N) is 1. The highest BCUT2D eigenvalue weighted by Gasteiger charge is 2.18. The molecule has 18 heavy (non-hydrogen) atoms. The highest BCUT2D eigenvalue weighted by molar-refractivity contribution is 5.67. The van der Waals surface area contributed by atoms with Gasteiger partial charge in [-0.2, -0.15) is 0 Å². The molecule has 3 heteroatoms. The number of anilines is 1. The molecule has 0 saturated carbocycles. The SMILES string of the molecule is CC(C)c1ccc(-c2onc(N)c2C(C)C)cc1. The molecule has 0 radical (unpaired) electrons. The second-order valence-electron chi connectivity index (χ2n) is 5.24. The van der Waals surface area contributed by atoms with Crippen molar-refractivity contribution in [2.75, 3.05) is 5.73 Å². The molecule has 1 aromatic heterocycles. The number of nitrogens with zero attached hydrogens (tertiary/aromatic N) is 1. The van der Waals surface area contributed by atoms with Crippen LogP contribution < -0.4 is 5.73 Å². The first-order valence-corrected chi connectivity index (χ1v) is 6.36. The molecular weight excluding hydrogens is 224 g/mol. The van der Waals surface area contributed by atoms with E-state index >= 15 is 0 Å². The largest absolute Gasteiger partial charge is 0.381 e. The molecule has 96 valence electrons. The van der Waals surface area contributed by atoms with Crippen molar-refractivity contribution >= 4 is 5.82 Å². The Morgan fingerprint density at radius 1 is 1.00 bits per heavy atom. The van der Waals surface area contributed by atoms with Crippen molar-refractivity contribution < 1.29 is 4.52 Å². The zero-order valence-corrected chi connectivity index (χ0v) is 11.4. The quantitative estimate of drug-likeness (QED) is 0.881. The van der Waals surface area contributed by atoms with E-state index in [1.54, 1.807) is 0 Å². The molecule has 2 aromatic rings. The first kappa shape index (κ1) is 12.7. The standard InChI is InChI=1S/C15H20N2O/c1-9(2)11-5-7-12(8-6-11)14-13(10(3)4)15(16)17-18-14/h5-10H,1-4H3,(H2,16,17). The summed E-state index contributed by atoms with van der Waals surface area (Å²) in [5.41, 5.74) is 9.20. The number of rotatable bonds is 3. The Balaban J connectivity index is 2.43. The van der Waals surface area contributed by atoms with Crippen LogP contribution in [0.4, 0.5) is 5.82 Å². The topological polar surface area (TPSA) is 52.0 Å². The van der Waals surface area contributed by atoms with E-state index in [1.165, 1.54) is 5.56 Å². The zero-order valence-electron chi connectivity index (χ0n) is 11.4. The van der Waals surface area contributed by atoms with E-state index in [1.807, 2.05) is 0 Å². The molecule has 0 aliphatic carbocycles. The maximum absolute atomic E-state index is 5.85. The van der Waals surface area contributed by atoms with Crippen LogP contribution in [-0.4, -0.2) is 5.16 Å². The lowest BCUT2D eigenvalue weighted by Gasteiger charge is -2.08. The van der Waals surface area contributed by atoms with Gasteiger partial charge in [-0.1, -0.05) is 57.1 Å². The lowest BCUT2D eigenvalue weighted by Crippen LogP contribution is -1.95. The molecule has 2 N–H and O–H groups in total. The second-order valence-corrected chi connectivity index (χ2v) is 5.24. The normalized spacial score (nSPS) is 11.4. The van der Waals surface area contributed by atoms with Gasteiger partial charge in [-0.05, 0) is 17.4 Å². The van der Waals surface area contributed by atoms with Gasteiger partial charge in [0.1, 0.15) is 0 Å². The van der Waals surface area contributed by atoms with Crippen LogP contribution in [0.25, 0.3) is 11.3 Å². The van der Waals surface area contributed by atoms with Crippen LogP contribution in [0.5, 0.6) is 0 Å². The number of benzene rings is 1. The number of hydrogen-bond donors (Lipinski definition) is 1. The fourth-order valence-electron chi connectivity index (χ4n) is 2.10. The Hall–Kier alpha value is -1.77. The van der Waals surface area contributed by atoms with E-state index in [0.29, 0.717) is 17.7 Å². The molecule has 1 aromatic carbocycles. The van der Waals surface area contributed by atoms with Gasteiger partial charge in [-0.3, -0.25) is 0 Å². The summed E-state index contributed by atoms with van der Waals surface area (Å²) in [4.78, 5) is 0.